The first kappa shape index (κ1) is 14.3. The highest BCUT2D eigenvalue weighted by Gasteiger charge is 2.27. The maximum atomic E-state index is 9.15. The molecule has 1 unspecified atom stereocenters. The van der Waals surface area contributed by atoms with E-state index < -0.39 is 0 Å². The second-order valence-corrected chi connectivity index (χ2v) is 5.80. The Hall–Kier alpha value is -1.64. The first-order chi connectivity index (χ1) is 10.3. The molecule has 0 aliphatic heterocycles. The molecule has 1 atom stereocenters. The van der Waals surface area contributed by atoms with Gasteiger partial charge in [-0.15, -0.1) is 0 Å². The minimum absolute atomic E-state index is 0.276. The van der Waals surface area contributed by atoms with Crippen LogP contribution in [0.15, 0.2) is 48.5 Å². The van der Waals surface area contributed by atoms with E-state index in [1.165, 1.54) is 22.3 Å². The standard InChI is InChI=1S/C19H23NO/c1-2-14(11-12-21)13-20-19-17-9-5-3-7-15(17)16-8-4-6-10-18(16)19/h3-10,14,19-21H,2,11-13H2,1H3. The van der Waals surface area contributed by atoms with Crippen LogP contribution in [0.4, 0.5) is 0 Å². The molecule has 2 aromatic rings. The van der Waals surface area contributed by atoms with Gasteiger partial charge < -0.3 is 10.4 Å². The highest BCUT2D eigenvalue weighted by atomic mass is 16.3. The van der Waals surface area contributed by atoms with Crippen LogP contribution in [0, 0.1) is 5.92 Å². The normalized spacial score (nSPS) is 14.8. The molecule has 0 saturated heterocycles. The second kappa shape index (κ2) is 6.42. The lowest BCUT2D eigenvalue weighted by molar-refractivity contribution is 0.250. The number of benzene rings is 2. The molecule has 0 saturated carbocycles. The van der Waals surface area contributed by atoms with Crippen LogP contribution in [0.1, 0.15) is 36.9 Å². The van der Waals surface area contributed by atoms with E-state index in [-0.39, 0.29) is 12.6 Å². The second-order valence-electron chi connectivity index (χ2n) is 5.80. The van der Waals surface area contributed by atoms with Crippen LogP contribution < -0.4 is 5.32 Å². The minimum Gasteiger partial charge on any atom is -0.396 e. The molecular weight excluding hydrogens is 258 g/mol. The summed E-state index contributed by atoms with van der Waals surface area (Å²) in [5.74, 6) is 0.537. The highest BCUT2D eigenvalue weighted by Crippen LogP contribution is 2.43. The third-order valence-corrected chi connectivity index (χ3v) is 4.56. The Morgan fingerprint density at radius 3 is 2.10 bits per heavy atom. The summed E-state index contributed by atoms with van der Waals surface area (Å²) in [6, 6.07) is 17.6. The summed E-state index contributed by atoms with van der Waals surface area (Å²) < 4.78 is 0. The zero-order valence-corrected chi connectivity index (χ0v) is 12.5. The first-order valence-corrected chi connectivity index (χ1v) is 7.87. The van der Waals surface area contributed by atoms with Crippen molar-refractivity contribution in [3.8, 4) is 11.1 Å². The molecule has 0 amide bonds. The minimum atomic E-state index is 0.276. The van der Waals surface area contributed by atoms with Gasteiger partial charge in [0, 0.05) is 6.61 Å². The van der Waals surface area contributed by atoms with Crippen LogP contribution in [-0.2, 0) is 0 Å². The molecule has 0 radical (unpaired) electrons. The maximum absolute atomic E-state index is 9.15. The molecule has 110 valence electrons. The van der Waals surface area contributed by atoms with Gasteiger partial charge in [0.2, 0.25) is 0 Å². The molecule has 0 fully saturated rings. The maximum Gasteiger partial charge on any atom is 0.0589 e. The largest absolute Gasteiger partial charge is 0.396 e. The van der Waals surface area contributed by atoms with Crippen LogP contribution in [0.2, 0.25) is 0 Å². The average molecular weight is 281 g/mol. The third kappa shape index (κ3) is 2.74. The molecular formula is C19H23NO. The summed E-state index contributed by atoms with van der Waals surface area (Å²) in [6.45, 7) is 3.42. The predicted molar refractivity (Wildman–Crippen MR) is 87.2 cm³/mol. The lowest BCUT2D eigenvalue weighted by Crippen LogP contribution is -2.27. The van der Waals surface area contributed by atoms with Gasteiger partial charge in [-0.3, -0.25) is 0 Å². The van der Waals surface area contributed by atoms with Crippen molar-refractivity contribution < 1.29 is 5.11 Å². The van der Waals surface area contributed by atoms with Gasteiger partial charge in [-0.1, -0.05) is 61.9 Å². The van der Waals surface area contributed by atoms with E-state index in [1.807, 2.05) is 0 Å². The fraction of sp³-hybridized carbons (Fsp3) is 0.368. The number of hydrogen-bond donors (Lipinski definition) is 2. The Kier molecular flexibility index (Phi) is 4.37. The monoisotopic (exact) mass is 281 g/mol. The molecule has 1 aliphatic carbocycles. The Morgan fingerprint density at radius 2 is 1.57 bits per heavy atom. The van der Waals surface area contributed by atoms with Gasteiger partial charge in [-0.25, -0.2) is 0 Å². The van der Waals surface area contributed by atoms with Gasteiger partial charge in [-0.05, 0) is 41.1 Å². The van der Waals surface area contributed by atoms with Crippen molar-refractivity contribution in [3.05, 3.63) is 59.7 Å². The number of rotatable bonds is 6. The lowest BCUT2D eigenvalue weighted by Gasteiger charge is -2.20. The zero-order valence-electron chi connectivity index (χ0n) is 12.5. The quantitative estimate of drug-likeness (QED) is 0.845. The molecule has 1 aliphatic rings. The van der Waals surface area contributed by atoms with E-state index in [0.29, 0.717) is 5.92 Å². The summed E-state index contributed by atoms with van der Waals surface area (Å²) >= 11 is 0. The fourth-order valence-corrected chi connectivity index (χ4v) is 3.29. The number of nitrogens with one attached hydrogen (secondary N) is 1. The molecule has 3 rings (SSSR count). The number of hydrogen-bond acceptors (Lipinski definition) is 2. The lowest BCUT2D eigenvalue weighted by atomic mass is 10.0. The summed E-state index contributed by atoms with van der Waals surface area (Å²) in [6.07, 6.45) is 1.98. The number of aliphatic hydroxyl groups is 1. The van der Waals surface area contributed by atoms with Gasteiger partial charge in [0.1, 0.15) is 0 Å². The number of aliphatic hydroxyl groups excluding tert-OH is 1. The van der Waals surface area contributed by atoms with Crippen molar-refractivity contribution >= 4 is 0 Å². The fourth-order valence-electron chi connectivity index (χ4n) is 3.29. The van der Waals surface area contributed by atoms with Crippen molar-refractivity contribution in [1.82, 2.24) is 5.32 Å². The van der Waals surface area contributed by atoms with Gasteiger partial charge in [0.25, 0.3) is 0 Å². The van der Waals surface area contributed by atoms with E-state index in [0.717, 1.165) is 19.4 Å². The third-order valence-electron chi connectivity index (χ3n) is 4.56. The Balaban J connectivity index is 1.85. The van der Waals surface area contributed by atoms with Crippen molar-refractivity contribution in [2.75, 3.05) is 13.2 Å². The van der Waals surface area contributed by atoms with E-state index in [1.54, 1.807) is 0 Å². The van der Waals surface area contributed by atoms with Crippen LogP contribution in [0.5, 0.6) is 0 Å². The van der Waals surface area contributed by atoms with Gasteiger partial charge >= 0.3 is 0 Å². The predicted octanol–water partition coefficient (Wildman–Crippen LogP) is 3.75. The van der Waals surface area contributed by atoms with E-state index >= 15 is 0 Å². The molecule has 2 N–H and O–H groups in total. The highest BCUT2D eigenvalue weighted by molar-refractivity contribution is 5.78. The molecule has 0 heterocycles. The average Bonchev–Trinajstić information content (AvgIpc) is 2.86. The van der Waals surface area contributed by atoms with Crippen LogP contribution in [0.3, 0.4) is 0 Å². The van der Waals surface area contributed by atoms with Crippen molar-refractivity contribution in [2.24, 2.45) is 5.92 Å². The van der Waals surface area contributed by atoms with Crippen LogP contribution in [-0.4, -0.2) is 18.3 Å². The molecule has 2 heteroatoms. The molecule has 0 bridgehead atoms. The van der Waals surface area contributed by atoms with Gasteiger partial charge in [0.15, 0.2) is 0 Å². The van der Waals surface area contributed by atoms with Crippen molar-refractivity contribution in [2.45, 2.75) is 25.8 Å². The van der Waals surface area contributed by atoms with Crippen molar-refractivity contribution in [1.29, 1.82) is 0 Å². The van der Waals surface area contributed by atoms with E-state index in [2.05, 4.69) is 60.8 Å². The molecule has 0 spiro atoms. The molecule has 0 aromatic heterocycles. The molecule has 2 aromatic carbocycles. The van der Waals surface area contributed by atoms with Crippen LogP contribution in [0.25, 0.3) is 11.1 Å². The summed E-state index contributed by atoms with van der Waals surface area (Å²) in [5.41, 5.74) is 5.44. The summed E-state index contributed by atoms with van der Waals surface area (Å²) in [5, 5.41) is 12.9. The molecule has 21 heavy (non-hydrogen) atoms. The SMILES string of the molecule is CCC(CCO)CNC1c2ccccc2-c2ccccc21. The number of fused-ring (bicyclic) bond motifs is 3. The van der Waals surface area contributed by atoms with Gasteiger partial charge in [-0.2, -0.15) is 0 Å². The Morgan fingerprint density at radius 1 is 1.00 bits per heavy atom. The Labute approximate surface area is 126 Å². The summed E-state index contributed by atoms with van der Waals surface area (Å²) in [7, 11) is 0. The first-order valence-electron chi connectivity index (χ1n) is 7.87. The van der Waals surface area contributed by atoms with E-state index in [4.69, 9.17) is 5.11 Å². The smallest absolute Gasteiger partial charge is 0.0589 e. The summed E-state index contributed by atoms with van der Waals surface area (Å²) in [4.78, 5) is 0. The Bertz CT molecular complexity index is 563. The van der Waals surface area contributed by atoms with Crippen molar-refractivity contribution in [3.63, 3.8) is 0 Å². The topological polar surface area (TPSA) is 32.3 Å². The van der Waals surface area contributed by atoms with Crippen LogP contribution >= 0.6 is 0 Å². The van der Waals surface area contributed by atoms with E-state index in [9.17, 15) is 0 Å². The molecule has 2 nitrogen and oxygen atoms in total. The zero-order chi connectivity index (χ0) is 14.7. The van der Waals surface area contributed by atoms with Gasteiger partial charge in [0.05, 0.1) is 6.04 Å².